The van der Waals surface area contributed by atoms with Gasteiger partial charge < -0.3 is 0 Å². The average molecular weight is 296 g/mol. The Kier molecular flexibility index (Phi) is 194. The van der Waals surface area contributed by atoms with Crippen molar-refractivity contribution >= 4 is 73.4 Å². The molecule has 0 saturated heterocycles. The molecule has 0 bridgehead atoms. The van der Waals surface area contributed by atoms with Crippen LogP contribution in [0.25, 0.3) is 0 Å². The maximum Gasteiger partial charge on any atom is 0.109 e. The zero-order valence-corrected chi connectivity index (χ0v) is 4.13. The van der Waals surface area contributed by atoms with Gasteiger partial charge in [-0.25, -0.2) is 0 Å². The zero-order valence-electron chi connectivity index (χ0n) is 1.38. The van der Waals surface area contributed by atoms with Gasteiger partial charge in [0.15, 0.2) is 0 Å². The monoisotopic (exact) mass is 300 g/mol. The van der Waals surface area contributed by atoms with E-state index in [0.717, 1.165) is 9.55 Å². The Morgan fingerprint density at radius 3 is 0.800 bits per heavy atom. The van der Waals surface area contributed by atoms with Crippen LogP contribution in [-0.4, -0.2) is 62.3 Å². The Hall–Kier alpha value is 2.14. The third-order valence-corrected chi connectivity index (χ3v) is 0. The molecule has 0 N–H and O–H groups in total. The van der Waals surface area contributed by atoms with Crippen LogP contribution in [-0.2, 0) is 0 Å². The maximum absolute atomic E-state index is 4.78. The summed E-state index contributed by atoms with van der Waals surface area (Å²) in [6.45, 7) is 0. The summed E-state index contributed by atoms with van der Waals surface area (Å²) in [4.78, 5) is 0. The number of hydrogen-bond acceptors (Lipinski definition) is 0. The molecule has 0 atom stereocenters. The van der Waals surface area contributed by atoms with Crippen molar-refractivity contribution in [3.63, 3.8) is 0 Å². The second-order valence-electron chi connectivity index (χ2n) is 0. The molecule has 0 radical (unpaired) electrons. The SMILES string of the molecule is [GeH4].[GeH4].[GeH4].[SiH3]Cl. The topological polar surface area (TPSA) is 0 Å². The molecular formula is H15ClGe3Si. The quantitative estimate of drug-likeness (QED) is 0.311. The fourth-order valence-electron chi connectivity index (χ4n) is 0. The molecule has 0 aliphatic rings. The van der Waals surface area contributed by atoms with Crippen LogP contribution in [0.3, 0.4) is 0 Å². The van der Waals surface area contributed by atoms with E-state index in [0.29, 0.717) is 0 Å². The molecular weight excluding hydrogens is 281 g/mol. The summed E-state index contributed by atoms with van der Waals surface area (Å²) in [6, 6.07) is 0. The molecule has 0 saturated carbocycles. The minimum atomic E-state index is 0. The Balaban J connectivity index is -0.00000000167. The Labute approximate surface area is 72.8 Å². The van der Waals surface area contributed by atoms with Crippen molar-refractivity contribution < 1.29 is 0 Å². The molecule has 0 aliphatic heterocycles. The molecule has 0 spiro atoms. The third kappa shape index (κ3) is 23.0. The first-order valence-electron chi connectivity index (χ1n) is 0.378. The predicted octanol–water partition coefficient (Wildman–Crippen LogP) is -4.85. The van der Waals surface area contributed by atoms with Crippen molar-refractivity contribution in [2.45, 2.75) is 0 Å². The summed E-state index contributed by atoms with van der Waals surface area (Å²) < 4.78 is 0. The molecule has 38 valence electrons. The van der Waals surface area contributed by atoms with Gasteiger partial charge in [-0.1, -0.05) is 0 Å². The van der Waals surface area contributed by atoms with E-state index in [1.807, 2.05) is 0 Å². The van der Waals surface area contributed by atoms with E-state index >= 15 is 0 Å². The summed E-state index contributed by atoms with van der Waals surface area (Å²) in [5.74, 6) is 0. The average Bonchev–Trinajstić information content (AvgIpc) is 1.00. The van der Waals surface area contributed by atoms with Gasteiger partial charge in [0, 0.05) is 0 Å². The van der Waals surface area contributed by atoms with Gasteiger partial charge in [-0.15, -0.1) is 0 Å². The molecule has 0 aromatic carbocycles. The van der Waals surface area contributed by atoms with Crippen LogP contribution in [0, 0.1) is 0 Å². The molecule has 0 amide bonds. The minimum absolute atomic E-state index is 0. The fourth-order valence-corrected chi connectivity index (χ4v) is 0. The van der Waals surface area contributed by atoms with Gasteiger partial charge in [0.1, 0.15) is 9.55 Å². The van der Waals surface area contributed by atoms with Gasteiger partial charge in [0.2, 0.25) is 0 Å². The van der Waals surface area contributed by atoms with E-state index in [-0.39, 0.29) is 52.8 Å². The number of hydrogen-bond donors (Lipinski definition) is 0. The van der Waals surface area contributed by atoms with E-state index in [1.54, 1.807) is 0 Å². The van der Waals surface area contributed by atoms with E-state index in [4.69, 9.17) is 11.1 Å². The Morgan fingerprint density at radius 1 is 0.800 bits per heavy atom. The molecule has 0 heterocycles. The first kappa shape index (κ1) is 27.3. The van der Waals surface area contributed by atoms with Crippen LogP contribution >= 0.6 is 11.1 Å². The Bertz CT molecular complexity index is 6.85. The fraction of sp³-hybridized carbons (Fsp3) is 0. The van der Waals surface area contributed by atoms with E-state index < -0.39 is 0 Å². The van der Waals surface area contributed by atoms with Gasteiger partial charge in [-0.3, -0.25) is 0 Å². The molecule has 5 heteroatoms. The molecule has 0 unspecified atom stereocenters. The molecule has 0 aromatic rings. The maximum atomic E-state index is 4.78. The summed E-state index contributed by atoms with van der Waals surface area (Å²) in [6.07, 6.45) is 0. The largest absolute Gasteiger partial charge is 0.181 e. The van der Waals surface area contributed by atoms with E-state index in [9.17, 15) is 0 Å². The summed E-state index contributed by atoms with van der Waals surface area (Å²) >= 11 is 4.78. The van der Waals surface area contributed by atoms with Crippen LogP contribution in [0.5, 0.6) is 0 Å². The smallest absolute Gasteiger partial charge is 0.109 e. The van der Waals surface area contributed by atoms with Crippen molar-refractivity contribution in [1.29, 1.82) is 0 Å². The van der Waals surface area contributed by atoms with Crippen molar-refractivity contribution in [2.75, 3.05) is 0 Å². The van der Waals surface area contributed by atoms with Gasteiger partial charge in [0.25, 0.3) is 0 Å². The van der Waals surface area contributed by atoms with Crippen LogP contribution in [0.1, 0.15) is 0 Å². The van der Waals surface area contributed by atoms with Crippen molar-refractivity contribution in [1.82, 2.24) is 0 Å². The molecule has 0 nitrogen and oxygen atoms in total. The van der Waals surface area contributed by atoms with Crippen LogP contribution in [0.4, 0.5) is 0 Å². The second kappa shape index (κ2) is 35.5. The second-order valence-corrected chi connectivity index (χ2v) is 0. The molecule has 5 heavy (non-hydrogen) atoms. The third-order valence-electron chi connectivity index (χ3n) is 0. The summed E-state index contributed by atoms with van der Waals surface area (Å²) in [5, 5.41) is 0. The minimum Gasteiger partial charge on any atom is -0.181 e. The zero-order chi connectivity index (χ0) is 2.00. The van der Waals surface area contributed by atoms with Gasteiger partial charge in [-0.2, -0.15) is 11.1 Å². The summed E-state index contributed by atoms with van der Waals surface area (Å²) in [7, 11) is 0.778. The van der Waals surface area contributed by atoms with E-state index in [2.05, 4.69) is 0 Å². The van der Waals surface area contributed by atoms with Gasteiger partial charge in [-0.05, 0) is 0 Å². The normalized spacial score (nSPS) is 1.80. The van der Waals surface area contributed by atoms with Crippen LogP contribution in [0.15, 0.2) is 0 Å². The number of halogens is 1. The number of rotatable bonds is 0. The molecule has 0 aliphatic carbocycles. The molecule has 0 fully saturated rings. The van der Waals surface area contributed by atoms with Gasteiger partial charge in [0.05, 0.1) is 0 Å². The van der Waals surface area contributed by atoms with Gasteiger partial charge >= 0.3 is 52.8 Å². The van der Waals surface area contributed by atoms with E-state index in [1.165, 1.54) is 0 Å². The van der Waals surface area contributed by atoms with Crippen LogP contribution < -0.4 is 0 Å². The first-order chi connectivity index (χ1) is 1.00. The Morgan fingerprint density at radius 2 is 0.800 bits per heavy atom. The van der Waals surface area contributed by atoms with Crippen LogP contribution in [0.2, 0.25) is 0 Å². The molecule has 0 rings (SSSR count). The van der Waals surface area contributed by atoms with Crippen molar-refractivity contribution in [3.8, 4) is 0 Å². The first-order valence-corrected chi connectivity index (χ1v) is 3.40. The van der Waals surface area contributed by atoms with Crippen molar-refractivity contribution in [2.24, 2.45) is 0 Å². The predicted molar refractivity (Wildman–Crippen MR) is 49.8 cm³/mol. The summed E-state index contributed by atoms with van der Waals surface area (Å²) in [5.41, 5.74) is 0. The van der Waals surface area contributed by atoms with Crippen molar-refractivity contribution in [3.05, 3.63) is 0 Å². The molecule has 0 aromatic heterocycles. The standard InChI is InChI=1S/ClH3Si.3GeH4/c1-2;;;/h2H3;3*1H4.